The second-order valence-corrected chi connectivity index (χ2v) is 15.0. The first-order valence-corrected chi connectivity index (χ1v) is 18.9. The molecule has 1 aliphatic heterocycles. The van der Waals surface area contributed by atoms with E-state index >= 15 is 0 Å². The molecule has 0 spiro atoms. The summed E-state index contributed by atoms with van der Waals surface area (Å²) in [7, 11) is 0. The van der Waals surface area contributed by atoms with E-state index in [1.54, 1.807) is 24.3 Å². The molecule has 0 N–H and O–H groups in total. The van der Waals surface area contributed by atoms with Gasteiger partial charge in [0.25, 0.3) is 11.8 Å². The average Bonchev–Trinajstić information content (AvgIpc) is 3.71. The van der Waals surface area contributed by atoms with Crippen molar-refractivity contribution in [2.45, 2.75) is 24.7 Å². The number of amides is 2. The van der Waals surface area contributed by atoms with E-state index in [1.165, 1.54) is 59.2 Å². The molecule has 322 valence electrons. The van der Waals surface area contributed by atoms with E-state index in [9.17, 15) is 62.3 Å². The topological polar surface area (TPSA) is 42.3 Å². The number of fused-ring (bicyclic) bond motifs is 4. The minimum atomic E-state index is -5.19. The molecule has 0 radical (unpaired) electrons. The molecular weight excluding hydrogens is 865 g/mol. The van der Waals surface area contributed by atoms with Crippen LogP contribution in [0.25, 0.3) is 60.9 Å². The van der Waals surface area contributed by atoms with E-state index in [1.807, 2.05) is 30.3 Å². The smallest absolute Gasteiger partial charge is 0.308 e. The van der Waals surface area contributed by atoms with Gasteiger partial charge in [-0.05, 0) is 118 Å². The average molecular weight is 889 g/mol. The molecule has 8 aromatic rings. The van der Waals surface area contributed by atoms with Crippen molar-refractivity contribution in [1.82, 2.24) is 4.57 Å². The van der Waals surface area contributed by atoms with Crippen LogP contribution in [0.15, 0.2) is 146 Å². The largest absolute Gasteiger partial charge is 0.416 e. The van der Waals surface area contributed by atoms with E-state index in [-0.39, 0.29) is 67.6 Å². The molecule has 2 heterocycles. The van der Waals surface area contributed by atoms with Crippen molar-refractivity contribution < 1.29 is 62.3 Å². The van der Waals surface area contributed by atoms with Gasteiger partial charge in [-0.25, -0.2) is 4.90 Å². The normalized spacial score (nSPS) is 13.7. The van der Waals surface area contributed by atoms with E-state index in [0.717, 1.165) is 10.5 Å². The SMILES string of the molecule is O=C1c2cccc(-n3c4ccc(-c5cc(C(F)(F)F)cc(C(F)(F)F)c5)cc4c4cc(-c5cc(C(F)(F)F)cc(C(F)(F)F)c5)ccc43)c2C(=O)N1c1cccc(-c2ccccc2)c1. The van der Waals surface area contributed by atoms with Crippen molar-refractivity contribution in [3.63, 3.8) is 0 Å². The highest BCUT2D eigenvalue weighted by atomic mass is 19.4. The van der Waals surface area contributed by atoms with E-state index in [4.69, 9.17) is 0 Å². The zero-order valence-corrected chi connectivity index (χ0v) is 32.1. The number of alkyl halides is 12. The number of benzene rings is 7. The molecule has 64 heavy (non-hydrogen) atoms. The number of imide groups is 1. The zero-order chi connectivity index (χ0) is 45.7. The Kier molecular flexibility index (Phi) is 9.58. The molecule has 16 heteroatoms. The molecule has 2 amide bonds. The highest BCUT2D eigenvalue weighted by Crippen LogP contribution is 2.45. The third-order valence-corrected chi connectivity index (χ3v) is 11.0. The molecule has 0 aliphatic carbocycles. The number of hydrogen-bond acceptors (Lipinski definition) is 2. The van der Waals surface area contributed by atoms with Crippen LogP contribution >= 0.6 is 0 Å². The van der Waals surface area contributed by atoms with Crippen molar-refractivity contribution in [3.05, 3.63) is 179 Å². The van der Waals surface area contributed by atoms with Gasteiger partial charge in [-0.3, -0.25) is 9.59 Å². The van der Waals surface area contributed by atoms with Crippen molar-refractivity contribution >= 4 is 39.3 Å². The van der Waals surface area contributed by atoms with Crippen LogP contribution in [0, 0.1) is 0 Å². The van der Waals surface area contributed by atoms with E-state index in [0.29, 0.717) is 29.8 Å². The van der Waals surface area contributed by atoms with Gasteiger partial charge in [0.2, 0.25) is 0 Å². The Hall–Kier alpha value is -7.36. The minimum absolute atomic E-state index is 0.0249. The van der Waals surface area contributed by atoms with Crippen LogP contribution in [0.2, 0.25) is 0 Å². The van der Waals surface area contributed by atoms with Gasteiger partial charge in [-0.1, -0.05) is 60.7 Å². The van der Waals surface area contributed by atoms with E-state index < -0.39 is 69.9 Å². The number of hydrogen-bond donors (Lipinski definition) is 0. The first-order valence-electron chi connectivity index (χ1n) is 18.9. The van der Waals surface area contributed by atoms with Crippen molar-refractivity contribution in [1.29, 1.82) is 0 Å². The number of anilines is 1. The lowest BCUT2D eigenvalue weighted by Gasteiger charge is -2.16. The standard InChI is InChI=1S/C48H24F12N2O2/c49-45(50,51)31-16-29(17-32(23-31)46(52,53)54)27-12-14-39-37(21-27)38-22-28(30-18-33(47(55,56)57)24-34(19-30)48(58,59)60)13-15-40(38)62(39)41-11-5-10-36-42(41)44(64)61(43(36)63)35-9-4-8-26(20-35)25-6-2-1-3-7-25/h1-24H. The summed E-state index contributed by atoms with van der Waals surface area (Å²) < 4.78 is 169. The summed E-state index contributed by atoms with van der Waals surface area (Å²) >= 11 is 0. The summed E-state index contributed by atoms with van der Waals surface area (Å²) in [6.07, 6.45) is -20.8. The summed E-state index contributed by atoms with van der Waals surface area (Å²) in [6.45, 7) is 0. The van der Waals surface area contributed by atoms with Crippen LogP contribution in [0.4, 0.5) is 58.4 Å². The van der Waals surface area contributed by atoms with Gasteiger partial charge in [-0.15, -0.1) is 0 Å². The fourth-order valence-corrected chi connectivity index (χ4v) is 8.03. The molecule has 1 aromatic heterocycles. The van der Waals surface area contributed by atoms with E-state index in [2.05, 4.69) is 0 Å². The molecule has 0 saturated heterocycles. The van der Waals surface area contributed by atoms with Crippen molar-refractivity contribution in [2.24, 2.45) is 0 Å². The zero-order valence-electron chi connectivity index (χ0n) is 32.1. The number of halogens is 12. The summed E-state index contributed by atoms with van der Waals surface area (Å²) in [6, 6.07) is 29.7. The molecule has 0 bridgehead atoms. The van der Waals surface area contributed by atoms with Crippen molar-refractivity contribution in [2.75, 3.05) is 4.90 Å². The third kappa shape index (κ3) is 7.31. The number of nitrogens with zero attached hydrogens (tertiary/aromatic N) is 2. The maximum absolute atomic E-state index is 14.5. The van der Waals surface area contributed by atoms with Gasteiger partial charge in [-0.2, -0.15) is 52.7 Å². The quantitative estimate of drug-likeness (QED) is 0.128. The lowest BCUT2D eigenvalue weighted by Crippen LogP contribution is -2.29. The van der Waals surface area contributed by atoms with Crippen LogP contribution in [0.1, 0.15) is 43.0 Å². The number of aromatic nitrogens is 1. The second kappa shape index (κ2) is 14.6. The van der Waals surface area contributed by atoms with Crippen LogP contribution in [-0.4, -0.2) is 16.4 Å². The Morgan fingerprint density at radius 3 is 1.27 bits per heavy atom. The minimum Gasteiger partial charge on any atom is -0.308 e. The van der Waals surface area contributed by atoms with Crippen LogP contribution < -0.4 is 4.90 Å². The molecule has 7 aromatic carbocycles. The maximum atomic E-state index is 14.5. The number of rotatable bonds is 5. The number of carbonyl (C=O) groups is 2. The molecule has 0 unspecified atom stereocenters. The lowest BCUT2D eigenvalue weighted by molar-refractivity contribution is -0.144. The molecule has 4 nitrogen and oxygen atoms in total. The maximum Gasteiger partial charge on any atom is 0.416 e. The predicted molar refractivity (Wildman–Crippen MR) is 215 cm³/mol. The fourth-order valence-electron chi connectivity index (χ4n) is 8.03. The van der Waals surface area contributed by atoms with Gasteiger partial charge >= 0.3 is 24.7 Å². The summed E-state index contributed by atoms with van der Waals surface area (Å²) in [5, 5.41) is 0.148. The Morgan fingerprint density at radius 1 is 0.359 bits per heavy atom. The van der Waals surface area contributed by atoms with Gasteiger partial charge in [0.1, 0.15) is 0 Å². The highest BCUT2D eigenvalue weighted by molar-refractivity contribution is 6.36. The van der Waals surface area contributed by atoms with Gasteiger partial charge in [0.15, 0.2) is 0 Å². The molecule has 0 atom stereocenters. The summed E-state index contributed by atoms with van der Waals surface area (Å²) in [5.41, 5.74) is -5.74. The fraction of sp³-hybridized carbons (Fsp3) is 0.0833. The van der Waals surface area contributed by atoms with Crippen LogP contribution in [0.5, 0.6) is 0 Å². The molecule has 0 saturated carbocycles. The van der Waals surface area contributed by atoms with Crippen LogP contribution in [-0.2, 0) is 24.7 Å². The summed E-state index contributed by atoms with van der Waals surface area (Å²) in [5.74, 6) is -1.44. The molecular formula is C48H24F12N2O2. The highest BCUT2D eigenvalue weighted by Gasteiger charge is 2.41. The Bertz CT molecular complexity index is 3020. The Morgan fingerprint density at radius 2 is 0.797 bits per heavy atom. The third-order valence-electron chi connectivity index (χ3n) is 11.0. The first kappa shape index (κ1) is 42.0. The molecule has 1 aliphatic rings. The lowest BCUT2D eigenvalue weighted by atomic mass is 9.96. The summed E-state index contributed by atoms with van der Waals surface area (Å²) in [4.78, 5) is 29.5. The first-order chi connectivity index (χ1) is 30.1. The Balaban J connectivity index is 1.28. The van der Waals surface area contributed by atoms with Crippen LogP contribution in [0.3, 0.4) is 0 Å². The monoisotopic (exact) mass is 888 g/mol. The van der Waals surface area contributed by atoms with Crippen molar-refractivity contribution in [3.8, 4) is 39.1 Å². The molecule has 9 rings (SSSR count). The second-order valence-electron chi connectivity index (χ2n) is 15.0. The Labute approximate surface area is 353 Å². The predicted octanol–water partition coefficient (Wildman–Crippen LogP) is 14.7. The molecule has 0 fully saturated rings. The number of carbonyl (C=O) groups excluding carboxylic acids is 2. The van der Waals surface area contributed by atoms with Gasteiger partial charge in [0, 0.05) is 10.8 Å². The van der Waals surface area contributed by atoms with Gasteiger partial charge < -0.3 is 4.57 Å². The van der Waals surface area contributed by atoms with Gasteiger partial charge in [0.05, 0.1) is 55.8 Å².